The number of nitrogens with zero attached hydrogens (tertiary/aromatic N) is 3. The molecule has 6 nitrogen and oxygen atoms in total. The summed E-state index contributed by atoms with van der Waals surface area (Å²) in [5.74, 6) is 0.608. The van der Waals surface area contributed by atoms with Crippen LogP contribution in [0.1, 0.15) is 33.6 Å². The van der Waals surface area contributed by atoms with Gasteiger partial charge in [-0.15, -0.1) is 11.3 Å². The van der Waals surface area contributed by atoms with Crippen molar-refractivity contribution in [2.75, 3.05) is 5.32 Å². The smallest absolute Gasteiger partial charge is 0.255 e. The molecule has 3 aromatic heterocycles. The first-order valence-corrected chi connectivity index (χ1v) is 10.1. The van der Waals surface area contributed by atoms with Crippen molar-refractivity contribution in [3.05, 3.63) is 70.8 Å². The van der Waals surface area contributed by atoms with Crippen LogP contribution >= 0.6 is 11.3 Å². The predicted octanol–water partition coefficient (Wildman–Crippen LogP) is 5.29. The number of hydrogen-bond donors (Lipinski definition) is 1. The minimum Gasteiger partial charge on any atom is -0.361 e. The van der Waals surface area contributed by atoms with E-state index in [1.165, 1.54) is 11.2 Å². The lowest BCUT2D eigenvalue weighted by Crippen LogP contribution is -2.13. The third kappa shape index (κ3) is 3.95. The van der Waals surface area contributed by atoms with Crippen LogP contribution in [0.4, 0.5) is 5.69 Å². The Hall–Kier alpha value is -3.32. The van der Waals surface area contributed by atoms with Crippen molar-refractivity contribution in [3.8, 4) is 21.7 Å². The summed E-state index contributed by atoms with van der Waals surface area (Å²) in [5.41, 5.74) is 5.00. The van der Waals surface area contributed by atoms with E-state index < -0.39 is 0 Å². The Morgan fingerprint density at radius 2 is 1.97 bits per heavy atom. The molecule has 0 saturated heterocycles. The number of nitrogens with one attached hydrogen (secondary N) is 1. The molecule has 7 heteroatoms. The van der Waals surface area contributed by atoms with Crippen LogP contribution < -0.4 is 5.32 Å². The average molecular weight is 404 g/mol. The quantitative estimate of drug-likeness (QED) is 0.489. The van der Waals surface area contributed by atoms with Crippen LogP contribution in [0.15, 0.2) is 53.4 Å². The first-order chi connectivity index (χ1) is 14.0. The van der Waals surface area contributed by atoms with E-state index in [1.54, 1.807) is 17.5 Å². The number of carbonyl (C=O) groups is 1. The van der Waals surface area contributed by atoms with E-state index in [-0.39, 0.29) is 5.91 Å². The molecule has 3 heterocycles. The zero-order valence-corrected chi connectivity index (χ0v) is 17.2. The molecule has 0 aliphatic carbocycles. The fraction of sp³-hybridized carbons (Fsp3) is 0.182. The molecule has 0 radical (unpaired) electrons. The van der Waals surface area contributed by atoms with Gasteiger partial charge in [-0.1, -0.05) is 24.2 Å². The van der Waals surface area contributed by atoms with Crippen LogP contribution in [0.25, 0.3) is 21.7 Å². The first kappa shape index (κ1) is 19.0. The Bertz CT molecular complexity index is 1160. The fourth-order valence-corrected chi connectivity index (χ4v) is 4.13. The monoisotopic (exact) mass is 404 g/mol. The Morgan fingerprint density at radius 3 is 2.62 bits per heavy atom. The second-order valence-corrected chi connectivity index (χ2v) is 7.81. The van der Waals surface area contributed by atoms with Gasteiger partial charge in [-0.3, -0.25) is 4.79 Å². The first-order valence-electron chi connectivity index (χ1n) is 9.30. The molecule has 1 aromatic carbocycles. The summed E-state index contributed by atoms with van der Waals surface area (Å²) in [6, 6.07) is 11.7. The third-order valence-electron chi connectivity index (χ3n) is 4.63. The third-order valence-corrected chi connectivity index (χ3v) is 5.93. The summed E-state index contributed by atoms with van der Waals surface area (Å²) >= 11 is 1.72. The maximum absolute atomic E-state index is 12.5. The molecule has 4 aromatic rings. The highest BCUT2D eigenvalue weighted by Gasteiger charge is 2.15. The number of hydrogen-bond acceptors (Lipinski definition) is 6. The number of benzene rings is 1. The van der Waals surface area contributed by atoms with Crippen molar-refractivity contribution in [1.82, 2.24) is 15.1 Å². The van der Waals surface area contributed by atoms with E-state index in [0.29, 0.717) is 11.3 Å². The van der Waals surface area contributed by atoms with Crippen molar-refractivity contribution in [2.24, 2.45) is 0 Å². The number of rotatable bonds is 5. The van der Waals surface area contributed by atoms with Gasteiger partial charge in [0.2, 0.25) is 0 Å². The van der Waals surface area contributed by atoms with E-state index in [9.17, 15) is 4.79 Å². The van der Waals surface area contributed by atoms with Gasteiger partial charge in [0.15, 0.2) is 0 Å². The maximum atomic E-state index is 12.5. The molecule has 0 spiro atoms. The molecule has 0 aliphatic rings. The van der Waals surface area contributed by atoms with Gasteiger partial charge >= 0.3 is 0 Å². The lowest BCUT2D eigenvalue weighted by Gasteiger charge is -2.08. The van der Waals surface area contributed by atoms with Crippen LogP contribution in [-0.2, 0) is 6.42 Å². The summed E-state index contributed by atoms with van der Waals surface area (Å²) in [6.45, 7) is 5.86. The summed E-state index contributed by atoms with van der Waals surface area (Å²) in [5, 5.41) is 6.98. The Labute approximate surface area is 172 Å². The second-order valence-electron chi connectivity index (χ2n) is 6.68. The van der Waals surface area contributed by atoms with Gasteiger partial charge in [-0.25, -0.2) is 9.97 Å². The fourth-order valence-electron chi connectivity index (χ4n) is 3.05. The van der Waals surface area contributed by atoms with Gasteiger partial charge in [0, 0.05) is 16.5 Å². The molecule has 4 rings (SSSR count). The van der Waals surface area contributed by atoms with Crippen molar-refractivity contribution in [3.63, 3.8) is 0 Å². The molecule has 146 valence electrons. The van der Waals surface area contributed by atoms with Gasteiger partial charge in [-0.05, 0) is 49.6 Å². The Kier molecular flexibility index (Phi) is 5.22. The van der Waals surface area contributed by atoms with Crippen molar-refractivity contribution < 1.29 is 9.32 Å². The SMILES string of the molecule is CCc1sc(-c2cc(C)on2)cc1-c1ccc(C(=O)Nc2cncnc2C)cc1. The summed E-state index contributed by atoms with van der Waals surface area (Å²) in [4.78, 5) is 22.9. The molecule has 0 bridgehead atoms. The number of aryl methyl sites for hydroxylation is 3. The lowest BCUT2D eigenvalue weighted by atomic mass is 10.0. The Morgan fingerprint density at radius 1 is 1.17 bits per heavy atom. The molecule has 1 amide bonds. The lowest BCUT2D eigenvalue weighted by molar-refractivity contribution is 0.102. The highest BCUT2D eigenvalue weighted by Crippen LogP contribution is 2.37. The molecule has 0 saturated carbocycles. The number of anilines is 1. The molecule has 29 heavy (non-hydrogen) atoms. The molecule has 0 fully saturated rings. The highest BCUT2D eigenvalue weighted by atomic mass is 32.1. The van der Waals surface area contributed by atoms with E-state index in [1.807, 2.05) is 44.2 Å². The van der Waals surface area contributed by atoms with Crippen molar-refractivity contribution in [2.45, 2.75) is 27.2 Å². The minimum absolute atomic E-state index is 0.186. The Balaban J connectivity index is 1.58. The molecule has 1 N–H and O–H groups in total. The zero-order chi connectivity index (χ0) is 20.4. The van der Waals surface area contributed by atoms with E-state index in [4.69, 9.17) is 4.52 Å². The average Bonchev–Trinajstić information content (AvgIpc) is 3.36. The topological polar surface area (TPSA) is 80.9 Å². The van der Waals surface area contributed by atoms with Crippen LogP contribution in [0.2, 0.25) is 0 Å². The van der Waals surface area contributed by atoms with Crippen molar-refractivity contribution >= 4 is 22.9 Å². The van der Waals surface area contributed by atoms with Gasteiger partial charge in [0.05, 0.1) is 22.5 Å². The number of carbonyl (C=O) groups excluding carboxylic acids is 1. The van der Waals surface area contributed by atoms with Gasteiger partial charge < -0.3 is 9.84 Å². The normalized spacial score (nSPS) is 10.9. The van der Waals surface area contributed by atoms with Crippen LogP contribution in [0, 0.1) is 13.8 Å². The number of amides is 1. The van der Waals surface area contributed by atoms with E-state index in [0.717, 1.165) is 39.6 Å². The highest BCUT2D eigenvalue weighted by molar-refractivity contribution is 7.16. The largest absolute Gasteiger partial charge is 0.361 e. The predicted molar refractivity (Wildman–Crippen MR) is 114 cm³/mol. The summed E-state index contributed by atoms with van der Waals surface area (Å²) in [7, 11) is 0. The van der Waals surface area contributed by atoms with E-state index >= 15 is 0 Å². The second kappa shape index (κ2) is 7.97. The molecule has 0 aliphatic heterocycles. The van der Waals surface area contributed by atoms with Gasteiger partial charge in [0.25, 0.3) is 5.91 Å². The molecule has 0 atom stereocenters. The van der Waals surface area contributed by atoms with Crippen LogP contribution in [0.3, 0.4) is 0 Å². The minimum atomic E-state index is -0.186. The molecule has 0 unspecified atom stereocenters. The number of aromatic nitrogens is 3. The number of thiophene rings is 1. The van der Waals surface area contributed by atoms with Crippen LogP contribution in [0.5, 0.6) is 0 Å². The maximum Gasteiger partial charge on any atom is 0.255 e. The summed E-state index contributed by atoms with van der Waals surface area (Å²) < 4.78 is 5.21. The van der Waals surface area contributed by atoms with Crippen molar-refractivity contribution in [1.29, 1.82) is 0 Å². The van der Waals surface area contributed by atoms with Crippen LogP contribution in [-0.4, -0.2) is 21.0 Å². The van der Waals surface area contributed by atoms with Gasteiger partial charge in [-0.2, -0.15) is 0 Å². The zero-order valence-electron chi connectivity index (χ0n) is 16.4. The molecular weight excluding hydrogens is 384 g/mol. The van der Waals surface area contributed by atoms with E-state index in [2.05, 4.69) is 33.4 Å². The van der Waals surface area contributed by atoms with Gasteiger partial charge in [0.1, 0.15) is 17.8 Å². The molecular formula is C22H20N4O2S. The standard InChI is InChI=1S/C22H20N4O2S/c1-4-20-17(10-21(29-20)18-9-13(2)28-26-18)15-5-7-16(8-6-15)22(27)25-19-11-23-12-24-14(19)3/h5-12H,4H2,1-3H3,(H,25,27). The summed E-state index contributed by atoms with van der Waals surface area (Å²) in [6.07, 6.45) is 3.98.